The van der Waals surface area contributed by atoms with Gasteiger partial charge in [0, 0.05) is 44.0 Å². The Balaban J connectivity index is 1.55. The average molecular weight is 482 g/mol. The number of benzene rings is 2. The monoisotopic (exact) mass is 481 g/mol. The molecule has 0 spiro atoms. The molecule has 1 N–H and O–H groups in total. The highest BCUT2D eigenvalue weighted by Gasteiger charge is 2.42. The summed E-state index contributed by atoms with van der Waals surface area (Å²) in [6.45, 7) is 4.44. The van der Waals surface area contributed by atoms with E-state index in [-0.39, 0.29) is 12.3 Å². The van der Waals surface area contributed by atoms with Crippen molar-refractivity contribution in [1.29, 1.82) is 0 Å². The van der Waals surface area contributed by atoms with Crippen LogP contribution in [0.4, 0.5) is 11.4 Å². The quantitative estimate of drug-likeness (QED) is 0.288. The topological polar surface area (TPSA) is 127 Å². The lowest BCUT2D eigenvalue weighted by Crippen LogP contribution is -2.57. The van der Waals surface area contributed by atoms with Gasteiger partial charge in [-0.2, -0.15) is 0 Å². The van der Waals surface area contributed by atoms with Crippen molar-refractivity contribution >= 4 is 29.2 Å². The van der Waals surface area contributed by atoms with Crippen LogP contribution in [-0.2, 0) is 14.3 Å². The van der Waals surface area contributed by atoms with Crippen molar-refractivity contribution in [2.75, 3.05) is 44.8 Å². The number of rotatable bonds is 6. The van der Waals surface area contributed by atoms with Crippen LogP contribution in [0.1, 0.15) is 18.5 Å². The van der Waals surface area contributed by atoms with E-state index in [1.807, 2.05) is 29.2 Å². The van der Waals surface area contributed by atoms with Gasteiger partial charge in [0.2, 0.25) is 11.9 Å². The lowest BCUT2D eigenvalue weighted by atomic mass is 9.91. The first kappa shape index (κ1) is 24.0. The first-order valence-electron chi connectivity index (χ1n) is 11.3. The highest BCUT2D eigenvalue weighted by atomic mass is 16.6. The van der Waals surface area contributed by atoms with Crippen LogP contribution in [0.15, 0.2) is 53.5 Å². The predicted octanol–water partition coefficient (Wildman–Crippen LogP) is 2.13. The van der Waals surface area contributed by atoms with Crippen molar-refractivity contribution in [2.24, 2.45) is 10.9 Å². The second kappa shape index (κ2) is 10.4. The Kier molecular flexibility index (Phi) is 7.14. The third kappa shape index (κ3) is 5.18. The molecule has 0 bridgehead atoms. The summed E-state index contributed by atoms with van der Waals surface area (Å²) in [4.78, 5) is 45.1. The number of amides is 1. The first-order valence-corrected chi connectivity index (χ1v) is 11.3. The second-order valence-corrected chi connectivity index (χ2v) is 8.14. The maximum absolute atomic E-state index is 13.0. The van der Waals surface area contributed by atoms with Gasteiger partial charge in [-0.3, -0.25) is 25.0 Å². The molecule has 11 heteroatoms. The minimum absolute atomic E-state index is 0.0828. The van der Waals surface area contributed by atoms with Crippen molar-refractivity contribution in [3.8, 4) is 5.75 Å². The van der Waals surface area contributed by atoms with Crippen LogP contribution < -0.4 is 15.0 Å². The third-order valence-corrected chi connectivity index (χ3v) is 6.10. The zero-order valence-corrected chi connectivity index (χ0v) is 19.5. The van der Waals surface area contributed by atoms with Crippen LogP contribution in [0.25, 0.3) is 0 Å². The maximum Gasteiger partial charge on any atom is 0.321 e. The molecule has 2 heterocycles. The summed E-state index contributed by atoms with van der Waals surface area (Å²) in [6, 6.07) is 12.7. The molecule has 4 rings (SSSR count). The molecular formula is C24H27N5O6. The zero-order valence-electron chi connectivity index (χ0n) is 19.5. The molecule has 2 aliphatic heterocycles. The maximum atomic E-state index is 13.0. The number of carbonyl (C=O) groups excluding carboxylic acids is 2. The summed E-state index contributed by atoms with van der Waals surface area (Å²) in [5.41, 5.74) is 1.52. The van der Waals surface area contributed by atoms with Gasteiger partial charge in [0.05, 0.1) is 18.6 Å². The Morgan fingerprint density at radius 2 is 1.71 bits per heavy atom. The number of piperazine rings is 1. The molecule has 1 saturated heterocycles. The Morgan fingerprint density at radius 3 is 2.29 bits per heavy atom. The fourth-order valence-electron chi connectivity index (χ4n) is 4.23. The molecule has 0 unspecified atom stereocenters. The van der Waals surface area contributed by atoms with Crippen molar-refractivity contribution in [3.63, 3.8) is 0 Å². The van der Waals surface area contributed by atoms with Crippen LogP contribution in [0.3, 0.4) is 0 Å². The van der Waals surface area contributed by atoms with Crippen molar-refractivity contribution < 1.29 is 24.0 Å². The number of hydrogen-bond acceptors (Lipinski definition) is 9. The van der Waals surface area contributed by atoms with E-state index in [4.69, 9.17) is 14.5 Å². The number of nitrogens with zero attached hydrogens (tertiary/aromatic N) is 4. The van der Waals surface area contributed by atoms with E-state index >= 15 is 0 Å². The van der Waals surface area contributed by atoms with Gasteiger partial charge < -0.3 is 19.3 Å². The fourth-order valence-corrected chi connectivity index (χ4v) is 4.23. The van der Waals surface area contributed by atoms with Crippen molar-refractivity contribution in [1.82, 2.24) is 10.2 Å². The largest absolute Gasteiger partial charge is 0.497 e. The molecular weight excluding hydrogens is 454 g/mol. The minimum Gasteiger partial charge on any atom is -0.497 e. The number of nitro benzene ring substituents is 1. The Hall–Kier alpha value is -4.15. The molecule has 2 aliphatic rings. The van der Waals surface area contributed by atoms with E-state index in [1.54, 1.807) is 14.0 Å². The van der Waals surface area contributed by atoms with E-state index < -0.39 is 28.8 Å². The predicted molar refractivity (Wildman–Crippen MR) is 128 cm³/mol. The second-order valence-electron chi connectivity index (χ2n) is 8.14. The standard InChI is InChI=1S/C24H27N5O6/c1-3-35-23(31)20-21(16-4-6-18(7-5-16)29(32)33)25-24(26-22(20)30)28-14-12-27(13-15-28)17-8-10-19(34-2)11-9-17/h4-11,20-21H,3,12-15H2,1-2H3,(H,25,26,30)/t20-,21-/m1/s1. The minimum atomic E-state index is -1.18. The Bertz CT molecular complexity index is 1110. The molecule has 0 aromatic heterocycles. The number of hydrogen-bond donors (Lipinski definition) is 1. The summed E-state index contributed by atoms with van der Waals surface area (Å²) in [5.74, 6) is -1.19. The highest BCUT2D eigenvalue weighted by molar-refractivity contribution is 6.08. The summed E-state index contributed by atoms with van der Waals surface area (Å²) in [6.07, 6.45) is 0. The van der Waals surface area contributed by atoms with E-state index in [2.05, 4.69) is 10.2 Å². The molecule has 0 aliphatic carbocycles. The van der Waals surface area contributed by atoms with Gasteiger partial charge in [0.15, 0.2) is 5.92 Å². The number of ether oxygens (including phenoxy) is 2. The number of aliphatic imine (C=N–C) groups is 1. The van der Waals surface area contributed by atoms with Crippen LogP contribution in [0, 0.1) is 16.0 Å². The van der Waals surface area contributed by atoms with E-state index in [0.29, 0.717) is 37.7 Å². The summed E-state index contributed by atoms with van der Waals surface area (Å²) >= 11 is 0. The van der Waals surface area contributed by atoms with Gasteiger partial charge in [-0.1, -0.05) is 12.1 Å². The number of guanidine groups is 1. The molecule has 1 amide bonds. The summed E-state index contributed by atoms with van der Waals surface area (Å²) < 4.78 is 10.3. The lowest BCUT2D eigenvalue weighted by molar-refractivity contribution is -0.384. The number of esters is 1. The summed E-state index contributed by atoms with van der Waals surface area (Å²) in [7, 11) is 1.63. The molecule has 11 nitrogen and oxygen atoms in total. The molecule has 2 atom stereocenters. The number of nitrogens with one attached hydrogen (secondary N) is 1. The van der Waals surface area contributed by atoms with Crippen LogP contribution in [-0.4, -0.2) is 67.6 Å². The van der Waals surface area contributed by atoms with Gasteiger partial charge in [0.1, 0.15) is 11.8 Å². The van der Waals surface area contributed by atoms with Crippen molar-refractivity contribution in [3.05, 3.63) is 64.2 Å². The Labute approximate surface area is 202 Å². The van der Waals surface area contributed by atoms with Crippen LogP contribution >= 0.6 is 0 Å². The third-order valence-electron chi connectivity index (χ3n) is 6.10. The van der Waals surface area contributed by atoms with E-state index in [9.17, 15) is 19.7 Å². The van der Waals surface area contributed by atoms with Gasteiger partial charge in [-0.25, -0.2) is 4.99 Å². The molecule has 35 heavy (non-hydrogen) atoms. The molecule has 2 aromatic rings. The number of anilines is 1. The normalized spacial score (nSPS) is 20.1. The molecule has 0 saturated carbocycles. The summed E-state index contributed by atoms with van der Waals surface area (Å²) in [5, 5.41) is 13.8. The average Bonchev–Trinajstić information content (AvgIpc) is 2.88. The zero-order chi connectivity index (χ0) is 24.9. The number of methoxy groups -OCH3 is 1. The van der Waals surface area contributed by atoms with Gasteiger partial charge in [0.25, 0.3) is 5.69 Å². The van der Waals surface area contributed by atoms with Gasteiger partial charge >= 0.3 is 5.97 Å². The van der Waals surface area contributed by atoms with E-state index in [1.165, 1.54) is 24.3 Å². The highest BCUT2D eigenvalue weighted by Crippen LogP contribution is 2.32. The number of non-ortho nitro benzene ring substituents is 1. The SMILES string of the molecule is CCOC(=O)[C@H]1C(=O)NC(N2CCN(c3ccc(OC)cc3)CC2)=N[C@@H]1c1ccc([N+](=O)[O-])cc1. The molecule has 2 aromatic carbocycles. The van der Waals surface area contributed by atoms with Gasteiger partial charge in [-0.05, 0) is 36.8 Å². The molecule has 184 valence electrons. The fraction of sp³-hybridized carbons (Fsp3) is 0.375. The van der Waals surface area contributed by atoms with Crippen LogP contribution in [0.2, 0.25) is 0 Å². The van der Waals surface area contributed by atoms with Crippen LogP contribution in [0.5, 0.6) is 5.75 Å². The lowest BCUT2D eigenvalue weighted by Gasteiger charge is -2.39. The van der Waals surface area contributed by atoms with Gasteiger partial charge in [-0.15, -0.1) is 0 Å². The number of carbonyl (C=O) groups is 2. The smallest absolute Gasteiger partial charge is 0.321 e. The molecule has 1 fully saturated rings. The van der Waals surface area contributed by atoms with Crippen molar-refractivity contribution in [2.45, 2.75) is 13.0 Å². The molecule has 0 radical (unpaired) electrons. The van der Waals surface area contributed by atoms with E-state index in [0.717, 1.165) is 11.4 Å². The first-order chi connectivity index (χ1) is 16.9. The Morgan fingerprint density at radius 1 is 1.09 bits per heavy atom. The number of nitro groups is 1.